The van der Waals surface area contributed by atoms with E-state index in [2.05, 4.69) is 62.5 Å². The Morgan fingerprint density at radius 1 is 0.590 bits per heavy atom. The molecule has 0 aliphatic carbocycles. The number of phenols is 3. The smallest absolute Gasteiger partial charge is 0.308 e. The minimum Gasteiger partial charge on any atom is -0.506 e. The Bertz CT molecular complexity index is 4120. The molecule has 100 heavy (non-hydrogen) atoms. The van der Waals surface area contributed by atoms with E-state index < -0.39 is 125 Å². The number of hydrogen-bond acceptors (Lipinski definition) is 26. The lowest BCUT2D eigenvalue weighted by atomic mass is 10.0. The Morgan fingerprint density at radius 3 is 1.36 bits per heavy atom. The Labute approximate surface area is 601 Å². The number of aromatic hydroxyl groups is 3. The number of aliphatic hydroxyl groups is 1. The number of anilines is 4. The van der Waals surface area contributed by atoms with Gasteiger partial charge >= 0.3 is 23.6 Å². The molecular weight excluding hydrogens is 1470 g/mol. The van der Waals surface area contributed by atoms with Gasteiger partial charge in [-0.15, -0.1) is 0 Å². The third-order valence-electron chi connectivity index (χ3n) is 13.2. The van der Waals surface area contributed by atoms with Crippen molar-refractivity contribution in [3.8, 4) is 17.2 Å². The number of nitro groups is 1. The van der Waals surface area contributed by atoms with E-state index in [0.717, 1.165) is 12.3 Å². The molecule has 7 rings (SSSR count). The van der Waals surface area contributed by atoms with E-state index in [1.165, 1.54) is 60.9 Å². The van der Waals surface area contributed by atoms with Crippen LogP contribution in [0.15, 0.2) is 78.2 Å². The number of ether oxygens (including phenoxy) is 2. The second-order valence-corrected chi connectivity index (χ2v) is 23.4. The lowest BCUT2D eigenvalue weighted by Crippen LogP contribution is -2.42. The maximum Gasteiger partial charge on any atom is 0.308 e. The van der Waals surface area contributed by atoms with Crippen LogP contribution in [0.1, 0.15) is 99.0 Å². The first kappa shape index (κ1) is 80.5. The number of carbonyl (C=O) groups excluding carboxylic acids is 8. The summed E-state index contributed by atoms with van der Waals surface area (Å²) in [5, 5.41) is 80.5. The van der Waals surface area contributed by atoms with Crippen LogP contribution < -0.4 is 59.7 Å². The van der Waals surface area contributed by atoms with Crippen LogP contribution in [0, 0.1) is 10.1 Å². The number of nitrogens with zero attached hydrogens (tertiary/aromatic N) is 5. The molecule has 1 aliphatic rings. The summed E-state index contributed by atoms with van der Waals surface area (Å²) in [7, 11) is 0. The van der Waals surface area contributed by atoms with Crippen molar-refractivity contribution in [3.05, 3.63) is 152 Å². The van der Waals surface area contributed by atoms with Gasteiger partial charge in [0, 0.05) is 63.0 Å². The molecule has 41 heteroatoms. The third kappa shape index (κ3) is 24.7. The number of nitrogens with one attached hydrogen (secondary N) is 8. The first-order valence-electron chi connectivity index (χ1n) is 28.8. The standard InChI is InChI=1S/C21H23Cl2N7O6.C19H17Cl3N4O7.C19H21Cl2N5O5/c22-10-2-12(18(35)13(23)3-10)14(4-17(33)34)29-16(32)8-26-20(36)9-1-15(19(24)25-5-9)30-21-27-6-11(31)7-28-21;1-2-33-16(28)6-13(11-4-10(20)5-12(21)17(11)29)25-15(27)8-24-19(30)9-3-14(26(31)32)18(22)23-7-9;1-2-31-16(28)6-14(11-4-10(20)5-12(21)17(11)29)26-15(27)8-25-19(30)9-3-13(22)18(23)24-7-9/h1-3,5,11,14,31,35H,4,6-8H2,(H2,24,25)(H,26,36)(H,29,32)(H,33,34)(H2,27,28,30);3-5,7,13,29H,2,6,8H2,1H3,(H,24,30)(H,25,27);3-5,7,14,29H,2,6,8,22H2,1H3,(H2,23,24)(H,25,30)(H,26,27). The van der Waals surface area contributed by atoms with Crippen molar-refractivity contribution in [2.75, 3.05) is 68.5 Å². The lowest BCUT2D eigenvalue weighted by molar-refractivity contribution is -0.385. The lowest BCUT2D eigenvalue weighted by Gasteiger charge is -2.20. The first-order valence-corrected chi connectivity index (χ1v) is 31.4. The highest BCUT2D eigenvalue weighted by Crippen LogP contribution is 2.39. The van der Waals surface area contributed by atoms with Gasteiger partial charge in [-0.2, -0.15) is 0 Å². The Kier molecular flexibility index (Phi) is 30.8. The van der Waals surface area contributed by atoms with Crippen LogP contribution >= 0.6 is 81.2 Å². The number of guanidine groups is 1. The number of aliphatic imine (C=N–C) groups is 1. The highest BCUT2D eigenvalue weighted by molar-refractivity contribution is 6.37. The van der Waals surface area contributed by atoms with E-state index in [0.29, 0.717) is 5.96 Å². The molecule has 3 aromatic carbocycles. The number of carbonyl (C=O) groups is 9. The normalized spacial score (nSPS) is 13.0. The third-order valence-corrected chi connectivity index (χ3v) is 15.0. The summed E-state index contributed by atoms with van der Waals surface area (Å²) in [6, 6.07) is 8.24. The highest BCUT2D eigenvalue weighted by atomic mass is 35.5. The van der Waals surface area contributed by atoms with E-state index >= 15 is 0 Å². The predicted octanol–water partition coefficient (Wildman–Crippen LogP) is 5.47. The Morgan fingerprint density at radius 2 is 0.980 bits per heavy atom. The van der Waals surface area contributed by atoms with Crippen LogP contribution in [-0.2, 0) is 38.2 Å². The molecule has 0 saturated carbocycles. The van der Waals surface area contributed by atoms with Crippen LogP contribution in [0.2, 0.25) is 35.3 Å². The average Bonchev–Trinajstić information content (AvgIpc) is 0.850. The summed E-state index contributed by atoms with van der Waals surface area (Å²) in [5.74, 6) is -7.37. The van der Waals surface area contributed by atoms with Crippen molar-refractivity contribution in [3.63, 3.8) is 0 Å². The van der Waals surface area contributed by atoms with Gasteiger partial charge in [-0.1, -0.05) is 81.2 Å². The van der Waals surface area contributed by atoms with Crippen molar-refractivity contribution in [1.82, 2.24) is 52.2 Å². The number of aliphatic carboxylic acids is 1. The number of phenolic OH excluding ortho intramolecular Hbond substituents is 3. The molecule has 34 nitrogen and oxygen atoms in total. The molecule has 6 aromatic rings. The monoisotopic (exact) mass is 1530 g/mol. The van der Waals surface area contributed by atoms with Crippen molar-refractivity contribution in [2.45, 2.75) is 57.3 Å². The number of nitrogen functional groups attached to an aromatic ring is 3. The fraction of sp³-hybridized carbons (Fsp3) is 0.271. The molecule has 1 aliphatic heterocycles. The number of hydrogen-bond donors (Lipinski definition) is 16. The highest BCUT2D eigenvalue weighted by Gasteiger charge is 2.29. The number of carboxylic acid groups (broad SMARTS) is 1. The molecule has 4 unspecified atom stereocenters. The number of carboxylic acids is 1. The number of aromatic nitrogens is 3. The molecule has 19 N–H and O–H groups in total. The number of rotatable bonds is 25. The summed E-state index contributed by atoms with van der Waals surface area (Å²) in [5.41, 5.74) is 17.0. The van der Waals surface area contributed by atoms with Gasteiger partial charge in [0.15, 0.2) is 5.96 Å². The Hall–Kier alpha value is -10.2. The summed E-state index contributed by atoms with van der Waals surface area (Å²) >= 11 is 41.3. The second-order valence-electron chi connectivity index (χ2n) is 20.5. The van der Waals surface area contributed by atoms with Gasteiger partial charge < -0.3 is 94.7 Å². The SMILES string of the molecule is CCOC(=O)CC(NC(=O)CNC(=O)c1cnc(Cl)c([N+](=O)[O-])c1)c1cc(Cl)cc(Cl)c1O.CCOC(=O)CC(NC(=O)CNC(=O)c1cnc(N)c(N)c1)c1cc(Cl)cc(Cl)c1O.Nc1ncc(C(=O)NCC(=O)NC(CC(=O)O)c2cc(Cl)cc(Cl)c2O)cc1NC1=NCC(O)CN1. The topological polar surface area (TPSA) is 542 Å². The largest absolute Gasteiger partial charge is 0.506 e. The minimum absolute atomic E-state index is 0.0137. The van der Waals surface area contributed by atoms with E-state index in [1.54, 1.807) is 13.8 Å². The molecule has 0 saturated heterocycles. The number of benzene rings is 3. The zero-order valence-corrected chi connectivity index (χ0v) is 57.3. The van der Waals surface area contributed by atoms with Gasteiger partial charge in [0.2, 0.25) is 22.9 Å². The van der Waals surface area contributed by atoms with Crippen molar-refractivity contribution in [2.24, 2.45) is 4.99 Å². The Balaban J connectivity index is 0.000000271. The van der Waals surface area contributed by atoms with Crippen LogP contribution in [0.3, 0.4) is 0 Å². The van der Waals surface area contributed by atoms with Gasteiger partial charge in [-0.05, 0) is 62.4 Å². The van der Waals surface area contributed by atoms with Gasteiger partial charge in [-0.25, -0.2) is 15.0 Å². The zero-order chi connectivity index (χ0) is 74.2. The molecule has 4 atom stereocenters. The molecule has 4 heterocycles. The van der Waals surface area contributed by atoms with Gasteiger partial charge in [0.05, 0.1) is 131 Å². The quantitative estimate of drug-likeness (QED) is 0.0146. The molecule has 534 valence electrons. The van der Waals surface area contributed by atoms with Gasteiger partial charge in [0.1, 0.15) is 28.9 Å². The number of esters is 2. The van der Waals surface area contributed by atoms with Gasteiger partial charge in [0.25, 0.3) is 17.7 Å². The molecule has 0 spiro atoms. The van der Waals surface area contributed by atoms with Crippen LogP contribution in [-0.4, -0.2) is 157 Å². The molecule has 3 aromatic heterocycles. The maximum atomic E-state index is 12.6. The van der Waals surface area contributed by atoms with E-state index in [-0.39, 0.29) is 137 Å². The van der Waals surface area contributed by atoms with Gasteiger partial charge in [-0.3, -0.25) is 58.3 Å². The van der Waals surface area contributed by atoms with Crippen molar-refractivity contribution in [1.29, 1.82) is 0 Å². The molecule has 0 bridgehead atoms. The number of halogens is 7. The number of amides is 6. The average molecular weight is 1530 g/mol. The zero-order valence-electron chi connectivity index (χ0n) is 52.0. The fourth-order valence-electron chi connectivity index (χ4n) is 8.49. The molecule has 0 fully saturated rings. The number of nitrogens with two attached hydrogens (primary N) is 3. The predicted molar refractivity (Wildman–Crippen MR) is 366 cm³/mol. The molecule has 6 amide bonds. The van der Waals surface area contributed by atoms with Crippen molar-refractivity contribution >= 4 is 169 Å². The van der Waals surface area contributed by atoms with E-state index in [4.69, 9.17) is 108 Å². The summed E-state index contributed by atoms with van der Waals surface area (Å²) < 4.78 is 9.81. The molecule has 0 radical (unpaired) electrons. The summed E-state index contributed by atoms with van der Waals surface area (Å²) in [4.78, 5) is 135. The number of β-amino-alcohol motifs (C(OH)–C–C–N with tert-alkyl or cyclic N) is 1. The number of aliphatic hydroxyl groups excluding tert-OH is 1. The van der Waals surface area contributed by atoms with E-state index in [1.807, 2.05) is 0 Å². The van der Waals surface area contributed by atoms with Crippen LogP contribution in [0.25, 0.3) is 0 Å². The number of pyridine rings is 3. The fourth-order valence-corrected chi connectivity index (χ4v) is 10.2. The molecular formula is C59H61Cl7N16O18. The van der Waals surface area contributed by atoms with E-state index in [9.17, 15) is 78.8 Å². The van der Waals surface area contributed by atoms with Crippen molar-refractivity contribution < 1.29 is 83.1 Å². The van der Waals surface area contributed by atoms with Crippen LogP contribution in [0.5, 0.6) is 17.2 Å². The maximum absolute atomic E-state index is 12.6. The van der Waals surface area contributed by atoms with Crippen LogP contribution in [0.4, 0.5) is 28.7 Å². The first-order chi connectivity index (χ1) is 47.2. The summed E-state index contributed by atoms with van der Waals surface area (Å²) in [6.45, 7) is 2.44. The summed E-state index contributed by atoms with van der Waals surface area (Å²) in [6.07, 6.45) is 1.61. The second kappa shape index (κ2) is 38.2. The minimum atomic E-state index is -1.25.